The molecule has 0 unspecified atom stereocenters. The van der Waals surface area contributed by atoms with E-state index in [1.807, 2.05) is 91.0 Å². The van der Waals surface area contributed by atoms with Crippen LogP contribution in [0.1, 0.15) is 23.6 Å². The number of ketones is 1. The predicted octanol–water partition coefficient (Wildman–Crippen LogP) is 3.61. The summed E-state index contributed by atoms with van der Waals surface area (Å²) in [4.78, 5) is 23.9. The number of rotatable bonds is 7. The molecule has 0 saturated carbocycles. The van der Waals surface area contributed by atoms with E-state index in [9.17, 15) is 14.7 Å². The van der Waals surface area contributed by atoms with Gasteiger partial charge in [0.05, 0.1) is 5.54 Å². The van der Waals surface area contributed by atoms with E-state index in [0.29, 0.717) is 0 Å². The second kappa shape index (κ2) is 7.98. The number of Topliss-reactive ketones (excluding diaryl/α,β-unsaturated/α-hetero) is 1. The van der Waals surface area contributed by atoms with Crippen LogP contribution in [-0.2, 0) is 15.1 Å². The Labute approximate surface area is 158 Å². The summed E-state index contributed by atoms with van der Waals surface area (Å²) in [5.74, 6) is -1.65. The number of hydrogen-bond acceptors (Lipinski definition) is 3. The van der Waals surface area contributed by atoms with E-state index in [2.05, 4.69) is 5.32 Å². The van der Waals surface area contributed by atoms with Gasteiger partial charge in [0.1, 0.15) is 0 Å². The highest BCUT2D eigenvalue weighted by atomic mass is 16.4. The van der Waals surface area contributed by atoms with Gasteiger partial charge in [-0.15, -0.1) is 0 Å². The Hall–Kier alpha value is -3.24. The second-order valence-corrected chi connectivity index (χ2v) is 6.37. The van der Waals surface area contributed by atoms with Crippen LogP contribution < -0.4 is 5.32 Å². The van der Waals surface area contributed by atoms with Crippen molar-refractivity contribution < 1.29 is 14.7 Å². The molecule has 0 heterocycles. The summed E-state index contributed by atoms with van der Waals surface area (Å²) in [6, 6.07) is 27.4. The number of hydrogen-bond donors (Lipinski definition) is 2. The quantitative estimate of drug-likeness (QED) is 0.500. The summed E-state index contributed by atoms with van der Waals surface area (Å²) in [5, 5.41) is 12.8. The lowest BCUT2D eigenvalue weighted by Gasteiger charge is -2.38. The lowest BCUT2D eigenvalue weighted by atomic mass is 9.76. The lowest BCUT2D eigenvalue weighted by molar-refractivity contribution is -0.143. The van der Waals surface area contributed by atoms with Crippen molar-refractivity contribution in [2.75, 3.05) is 0 Å². The van der Waals surface area contributed by atoms with Gasteiger partial charge in [0, 0.05) is 0 Å². The van der Waals surface area contributed by atoms with Gasteiger partial charge in [-0.25, -0.2) is 0 Å². The molecule has 0 aromatic heterocycles. The molecule has 0 bridgehead atoms. The first-order valence-electron chi connectivity index (χ1n) is 8.73. The van der Waals surface area contributed by atoms with Crippen molar-refractivity contribution in [1.82, 2.24) is 5.32 Å². The van der Waals surface area contributed by atoms with Crippen LogP contribution in [0.4, 0.5) is 0 Å². The van der Waals surface area contributed by atoms with E-state index in [1.54, 1.807) is 0 Å². The highest BCUT2D eigenvalue weighted by Crippen LogP contribution is 2.37. The van der Waals surface area contributed by atoms with Gasteiger partial charge in [-0.3, -0.25) is 14.9 Å². The van der Waals surface area contributed by atoms with Gasteiger partial charge in [0.25, 0.3) is 0 Å². The van der Waals surface area contributed by atoms with Crippen molar-refractivity contribution >= 4 is 11.8 Å². The smallest absolute Gasteiger partial charge is 0.328 e. The van der Waals surface area contributed by atoms with Gasteiger partial charge >= 0.3 is 5.97 Å². The van der Waals surface area contributed by atoms with Crippen LogP contribution >= 0.6 is 0 Å². The summed E-state index contributed by atoms with van der Waals surface area (Å²) >= 11 is 0. The molecule has 0 fully saturated rings. The van der Waals surface area contributed by atoms with Crippen LogP contribution in [0.5, 0.6) is 0 Å². The van der Waals surface area contributed by atoms with Crippen LogP contribution in [0, 0.1) is 0 Å². The van der Waals surface area contributed by atoms with Gasteiger partial charge in [0.15, 0.2) is 11.8 Å². The maximum Gasteiger partial charge on any atom is 0.328 e. The molecular formula is C23H21NO3. The number of carbonyl (C=O) groups excluding carboxylic acids is 1. The van der Waals surface area contributed by atoms with Crippen molar-refractivity contribution in [2.45, 2.75) is 18.5 Å². The Kier molecular flexibility index (Phi) is 5.48. The molecule has 2 N–H and O–H groups in total. The molecule has 3 aromatic carbocycles. The van der Waals surface area contributed by atoms with E-state index in [4.69, 9.17) is 0 Å². The first-order valence-corrected chi connectivity index (χ1v) is 8.73. The molecule has 1 atom stereocenters. The van der Waals surface area contributed by atoms with Crippen molar-refractivity contribution in [3.05, 3.63) is 108 Å². The number of carboxylic acid groups (broad SMARTS) is 1. The van der Waals surface area contributed by atoms with Crippen molar-refractivity contribution in [2.24, 2.45) is 0 Å². The van der Waals surface area contributed by atoms with Gasteiger partial charge < -0.3 is 5.11 Å². The molecule has 4 nitrogen and oxygen atoms in total. The summed E-state index contributed by atoms with van der Waals surface area (Å²) < 4.78 is 0. The number of aliphatic carboxylic acids is 1. The Morgan fingerprint density at radius 3 is 1.33 bits per heavy atom. The van der Waals surface area contributed by atoms with E-state index >= 15 is 0 Å². The zero-order valence-corrected chi connectivity index (χ0v) is 15.0. The summed E-state index contributed by atoms with van der Waals surface area (Å²) in [6.45, 7) is 1.29. The van der Waals surface area contributed by atoms with E-state index < -0.39 is 23.3 Å². The minimum atomic E-state index is -1.34. The molecule has 0 saturated heterocycles. The van der Waals surface area contributed by atoms with Crippen LogP contribution in [0.15, 0.2) is 91.0 Å². The highest BCUT2D eigenvalue weighted by molar-refractivity contribution is 6.01. The Morgan fingerprint density at radius 2 is 1.07 bits per heavy atom. The van der Waals surface area contributed by atoms with Crippen LogP contribution in [-0.4, -0.2) is 22.9 Å². The standard InChI is InChI=1S/C23H21NO3/c1-17(25)21(22(26)27)24-23(18-11-5-2-6-12-18,19-13-7-3-8-14-19)20-15-9-4-10-16-20/h2-16,21,24H,1H3,(H,26,27)/t21-/m0/s1. The molecule has 3 rings (SSSR count). The molecule has 0 aliphatic heterocycles. The zero-order chi connectivity index (χ0) is 19.3. The topological polar surface area (TPSA) is 66.4 Å². The Morgan fingerprint density at radius 1 is 0.741 bits per heavy atom. The third kappa shape index (κ3) is 3.66. The summed E-state index contributed by atoms with van der Waals surface area (Å²) in [5.41, 5.74) is 1.58. The molecule has 3 aromatic rings. The highest BCUT2D eigenvalue weighted by Gasteiger charge is 2.41. The van der Waals surface area contributed by atoms with Crippen LogP contribution in [0.3, 0.4) is 0 Å². The fraction of sp³-hybridized carbons (Fsp3) is 0.130. The normalized spacial score (nSPS) is 12.3. The summed E-state index contributed by atoms with van der Waals surface area (Å²) in [7, 11) is 0. The maximum atomic E-state index is 12.1. The zero-order valence-electron chi connectivity index (χ0n) is 15.0. The lowest BCUT2D eigenvalue weighted by Crippen LogP contribution is -2.55. The average molecular weight is 359 g/mol. The number of nitrogens with one attached hydrogen (secondary N) is 1. The SMILES string of the molecule is CC(=O)[C@H](NC(c1ccccc1)(c1ccccc1)c1ccccc1)C(=O)O. The molecule has 0 aliphatic rings. The van der Waals surface area contributed by atoms with Crippen molar-refractivity contribution in [3.63, 3.8) is 0 Å². The Bertz CT molecular complexity index is 797. The molecule has 0 aliphatic carbocycles. The fourth-order valence-electron chi connectivity index (χ4n) is 3.37. The molecule has 0 spiro atoms. The molecule has 4 heteroatoms. The van der Waals surface area contributed by atoms with Crippen LogP contribution in [0.25, 0.3) is 0 Å². The van der Waals surface area contributed by atoms with Crippen molar-refractivity contribution in [1.29, 1.82) is 0 Å². The second-order valence-electron chi connectivity index (χ2n) is 6.37. The monoisotopic (exact) mass is 359 g/mol. The van der Waals surface area contributed by atoms with Gasteiger partial charge in [0.2, 0.25) is 0 Å². The number of carbonyl (C=O) groups is 2. The summed E-state index contributed by atoms with van der Waals surface area (Å²) in [6.07, 6.45) is 0. The molecular weight excluding hydrogens is 338 g/mol. The van der Waals surface area contributed by atoms with E-state index in [-0.39, 0.29) is 0 Å². The van der Waals surface area contributed by atoms with Gasteiger partial charge in [-0.05, 0) is 23.6 Å². The number of carboxylic acids is 1. The van der Waals surface area contributed by atoms with Crippen molar-refractivity contribution in [3.8, 4) is 0 Å². The van der Waals surface area contributed by atoms with Gasteiger partial charge in [-0.2, -0.15) is 0 Å². The first-order chi connectivity index (χ1) is 13.1. The minimum Gasteiger partial charge on any atom is -0.480 e. The maximum absolute atomic E-state index is 12.1. The molecule has 0 radical (unpaired) electrons. The first kappa shape index (κ1) is 18.5. The Balaban J connectivity index is 2.32. The van der Waals surface area contributed by atoms with Gasteiger partial charge in [-0.1, -0.05) is 91.0 Å². The van der Waals surface area contributed by atoms with E-state index in [1.165, 1.54) is 6.92 Å². The average Bonchev–Trinajstić information content (AvgIpc) is 2.70. The third-order valence-corrected chi connectivity index (χ3v) is 4.63. The van der Waals surface area contributed by atoms with E-state index in [0.717, 1.165) is 16.7 Å². The van der Waals surface area contributed by atoms with Crippen LogP contribution in [0.2, 0.25) is 0 Å². The molecule has 0 amide bonds. The molecule has 136 valence electrons. The third-order valence-electron chi connectivity index (χ3n) is 4.63. The number of benzene rings is 3. The largest absolute Gasteiger partial charge is 0.480 e. The minimum absolute atomic E-state index is 0.449. The fourth-order valence-corrected chi connectivity index (χ4v) is 3.37. The predicted molar refractivity (Wildman–Crippen MR) is 104 cm³/mol. The molecule has 27 heavy (non-hydrogen) atoms.